The molecule has 0 fully saturated rings. The van der Waals surface area contributed by atoms with E-state index < -0.39 is 11.9 Å². The average Bonchev–Trinajstić information content (AvgIpc) is 2.81. The molecular weight excluding hydrogens is 301 g/mol. The van der Waals surface area contributed by atoms with Crippen molar-refractivity contribution in [1.29, 1.82) is 0 Å². The molecule has 0 bridgehead atoms. The van der Waals surface area contributed by atoms with Crippen molar-refractivity contribution < 1.29 is 13.9 Å². The molecule has 1 aromatic carbocycles. The monoisotopic (exact) mass is 313 g/mol. The van der Waals surface area contributed by atoms with Crippen molar-refractivity contribution in [1.82, 2.24) is 5.32 Å². The van der Waals surface area contributed by atoms with E-state index in [1.807, 2.05) is 6.07 Å². The third kappa shape index (κ3) is 4.21. The van der Waals surface area contributed by atoms with E-state index in [-0.39, 0.29) is 5.91 Å². The van der Waals surface area contributed by atoms with E-state index in [2.05, 4.69) is 5.32 Å². The Bertz CT molecular complexity index is 602. The summed E-state index contributed by atoms with van der Waals surface area (Å²) in [5.41, 5.74) is 0. The van der Waals surface area contributed by atoms with Crippen LogP contribution >= 0.6 is 22.9 Å². The van der Waals surface area contributed by atoms with Crippen molar-refractivity contribution >= 4 is 28.8 Å². The normalized spacial score (nSPS) is 11.9. The van der Waals surface area contributed by atoms with E-state index in [4.69, 9.17) is 16.3 Å². The number of ether oxygens (including phenoxy) is 1. The number of hydrogen-bond acceptors (Lipinski definition) is 3. The number of nitrogens with one attached hydrogen (secondary N) is 1. The van der Waals surface area contributed by atoms with Crippen molar-refractivity contribution in [3.8, 4) is 5.75 Å². The van der Waals surface area contributed by atoms with Gasteiger partial charge in [0, 0.05) is 10.9 Å². The third-order valence-corrected chi connectivity index (χ3v) is 3.78. The molecule has 0 aliphatic carbocycles. The maximum atomic E-state index is 13.0. The lowest BCUT2D eigenvalue weighted by atomic mass is 10.3. The van der Waals surface area contributed by atoms with Crippen LogP contribution < -0.4 is 10.1 Å². The SMILES string of the molecule is C[C@H](Oc1cccc(F)c1)C(=O)NCc1ccc(Cl)s1. The van der Waals surface area contributed by atoms with Gasteiger partial charge >= 0.3 is 0 Å². The minimum Gasteiger partial charge on any atom is -0.481 e. The molecule has 0 unspecified atom stereocenters. The van der Waals surface area contributed by atoms with Gasteiger partial charge in [-0.05, 0) is 31.2 Å². The van der Waals surface area contributed by atoms with Crippen molar-refractivity contribution in [3.05, 3.63) is 51.4 Å². The minimum absolute atomic E-state index is 0.265. The van der Waals surface area contributed by atoms with Gasteiger partial charge in [0.15, 0.2) is 6.10 Å². The second-order valence-corrected chi connectivity index (χ2v) is 5.94. The number of amides is 1. The molecule has 0 aliphatic heterocycles. The van der Waals surface area contributed by atoms with Crippen LogP contribution in [0.4, 0.5) is 4.39 Å². The van der Waals surface area contributed by atoms with Gasteiger partial charge in [-0.3, -0.25) is 4.79 Å². The van der Waals surface area contributed by atoms with Crippen LogP contribution in [-0.2, 0) is 11.3 Å². The number of carbonyl (C=O) groups is 1. The molecule has 1 aromatic heterocycles. The highest BCUT2D eigenvalue weighted by atomic mass is 35.5. The second kappa shape index (κ2) is 6.72. The Morgan fingerprint density at radius 3 is 2.90 bits per heavy atom. The summed E-state index contributed by atoms with van der Waals surface area (Å²) in [5, 5.41) is 2.74. The van der Waals surface area contributed by atoms with Crippen LogP contribution in [0.25, 0.3) is 0 Å². The highest BCUT2D eigenvalue weighted by Gasteiger charge is 2.14. The number of thiophene rings is 1. The Morgan fingerprint density at radius 1 is 1.45 bits per heavy atom. The van der Waals surface area contributed by atoms with E-state index in [1.165, 1.54) is 29.5 Å². The van der Waals surface area contributed by atoms with Gasteiger partial charge in [0.1, 0.15) is 11.6 Å². The highest BCUT2D eigenvalue weighted by molar-refractivity contribution is 7.16. The summed E-state index contributed by atoms with van der Waals surface area (Å²) < 4.78 is 19.1. The van der Waals surface area contributed by atoms with Crippen molar-refractivity contribution in [2.75, 3.05) is 0 Å². The molecule has 2 rings (SSSR count). The van der Waals surface area contributed by atoms with Gasteiger partial charge in [0.2, 0.25) is 0 Å². The maximum Gasteiger partial charge on any atom is 0.261 e. The Hall–Kier alpha value is -1.59. The predicted molar refractivity (Wildman–Crippen MR) is 77.7 cm³/mol. The first-order valence-electron chi connectivity index (χ1n) is 5.99. The lowest BCUT2D eigenvalue weighted by Crippen LogP contribution is -2.35. The molecule has 106 valence electrons. The zero-order valence-electron chi connectivity index (χ0n) is 10.7. The van der Waals surface area contributed by atoms with Crippen molar-refractivity contribution in [2.45, 2.75) is 19.6 Å². The fourth-order valence-corrected chi connectivity index (χ4v) is 2.59. The molecule has 1 heterocycles. The number of rotatable bonds is 5. The molecule has 0 saturated heterocycles. The summed E-state index contributed by atoms with van der Waals surface area (Å²) in [4.78, 5) is 12.8. The summed E-state index contributed by atoms with van der Waals surface area (Å²) in [6.07, 6.45) is -0.702. The molecule has 1 atom stereocenters. The fraction of sp³-hybridized carbons (Fsp3) is 0.214. The average molecular weight is 314 g/mol. The second-order valence-electron chi connectivity index (χ2n) is 4.14. The minimum atomic E-state index is -0.702. The maximum absolute atomic E-state index is 13.0. The molecule has 2 aromatic rings. The smallest absolute Gasteiger partial charge is 0.261 e. The van der Waals surface area contributed by atoms with Gasteiger partial charge in [-0.2, -0.15) is 0 Å². The highest BCUT2D eigenvalue weighted by Crippen LogP contribution is 2.21. The molecule has 0 radical (unpaired) electrons. The lowest BCUT2D eigenvalue weighted by Gasteiger charge is -2.14. The number of hydrogen-bond donors (Lipinski definition) is 1. The van der Waals surface area contributed by atoms with E-state index in [0.29, 0.717) is 16.6 Å². The Balaban J connectivity index is 1.85. The first-order chi connectivity index (χ1) is 9.54. The van der Waals surface area contributed by atoms with E-state index in [1.54, 1.807) is 19.1 Å². The summed E-state index contributed by atoms with van der Waals surface area (Å²) >= 11 is 7.21. The molecule has 0 saturated carbocycles. The van der Waals surface area contributed by atoms with Crippen LogP contribution in [-0.4, -0.2) is 12.0 Å². The first kappa shape index (κ1) is 14.8. The van der Waals surface area contributed by atoms with E-state index >= 15 is 0 Å². The van der Waals surface area contributed by atoms with E-state index in [9.17, 15) is 9.18 Å². The summed E-state index contributed by atoms with van der Waals surface area (Å²) in [5.74, 6) is -0.339. The number of benzene rings is 1. The molecule has 1 amide bonds. The fourth-order valence-electron chi connectivity index (χ4n) is 1.56. The van der Waals surface area contributed by atoms with Gasteiger partial charge in [-0.25, -0.2) is 4.39 Å². The zero-order chi connectivity index (χ0) is 14.5. The van der Waals surface area contributed by atoms with Gasteiger partial charge in [0.05, 0.1) is 10.9 Å². The van der Waals surface area contributed by atoms with Crippen LogP contribution in [0.2, 0.25) is 4.34 Å². The van der Waals surface area contributed by atoms with Crippen LogP contribution in [0.3, 0.4) is 0 Å². The van der Waals surface area contributed by atoms with Gasteiger partial charge in [-0.1, -0.05) is 17.7 Å². The Morgan fingerprint density at radius 2 is 2.25 bits per heavy atom. The van der Waals surface area contributed by atoms with Gasteiger partial charge in [-0.15, -0.1) is 11.3 Å². The number of carbonyl (C=O) groups excluding carboxylic acids is 1. The lowest BCUT2D eigenvalue weighted by molar-refractivity contribution is -0.127. The standard InChI is InChI=1S/C14H13ClFNO2S/c1-9(19-11-4-2-3-10(16)7-11)14(18)17-8-12-5-6-13(15)20-12/h2-7,9H,8H2,1H3,(H,17,18)/t9-/m0/s1. The molecule has 0 aliphatic rings. The molecule has 6 heteroatoms. The van der Waals surface area contributed by atoms with Crippen molar-refractivity contribution in [3.63, 3.8) is 0 Å². The molecule has 0 spiro atoms. The third-order valence-electron chi connectivity index (χ3n) is 2.54. The first-order valence-corrected chi connectivity index (χ1v) is 7.18. The van der Waals surface area contributed by atoms with Crippen LogP contribution in [0.1, 0.15) is 11.8 Å². The Labute approximate surface area is 125 Å². The van der Waals surface area contributed by atoms with Crippen LogP contribution in [0.15, 0.2) is 36.4 Å². The molecule has 3 nitrogen and oxygen atoms in total. The largest absolute Gasteiger partial charge is 0.481 e. The topological polar surface area (TPSA) is 38.3 Å². The van der Waals surface area contributed by atoms with Crippen LogP contribution in [0, 0.1) is 5.82 Å². The van der Waals surface area contributed by atoms with Crippen molar-refractivity contribution in [2.24, 2.45) is 0 Å². The summed E-state index contributed by atoms with van der Waals surface area (Å²) in [7, 11) is 0. The molecular formula is C14H13ClFNO2S. The number of halogens is 2. The van der Waals surface area contributed by atoms with Gasteiger partial charge < -0.3 is 10.1 Å². The molecule has 20 heavy (non-hydrogen) atoms. The summed E-state index contributed by atoms with van der Waals surface area (Å²) in [6.45, 7) is 2.01. The quantitative estimate of drug-likeness (QED) is 0.915. The van der Waals surface area contributed by atoms with Gasteiger partial charge in [0.25, 0.3) is 5.91 Å². The Kier molecular flexibility index (Phi) is 4.98. The predicted octanol–water partition coefficient (Wildman–Crippen LogP) is 3.62. The summed E-state index contributed by atoms with van der Waals surface area (Å²) in [6, 6.07) is 9.32. The zero-order valence-corrected chi connectivity index (χ0v) is 12.3. The molecule has 1 N–H and O–H groups in total. The van der Waals surface area contributed by atoms with E-state index in [0.717, 1.165) is 4.88 Å². The van der Waals surface area contributed by atoms with Crippen LogP contribution in [0.5, 0.6) is 5.75 Å².